The van der Waals surface area contributed by atoms with Crippen LogP contribution in [0.25, 0.3) is 0 Å². The van der Waals surface area contributed by atoms with E-state index in [0.717, 1.165) is 11.8 Å². The van der Waals surface area contributed by atoms with Crippen molar-refractivity contribution < 1.29 is 0 Å². The Bertz CT molecular complexity index is 121. The topological polar surface area (TPSA) is 0 Å². The molecular weight excluding hydrogens is 120 g/mol. The van der Waals surface area contributed by atoms with Crippen LogP contribution in [0.2, 0.25) is 0 Å². The molecule has 0 aromatic heterocycles. The number of fused-ring (bicyclic) bond motifs is 2. The van der Waals surface area contributed by atoms with E-state index in [2.05, 4.69) is 12.2 Å². The standard InChI is InChI=1S/C10H16/c1-2-5-10-7-3-6-9(4-1)8-10/h1-2,9-10H,3-8H2. The van der Waals surface area contributed by atoms with E-state index in [4.69, 9.17) is 0 Å². The molecule has 56 valence electrons. The van der Waals surface area contributed by atoms with Crippen LogP contribution in [0.5, 0.6) is 0 Å². The Morgan fingerprint density at radius 2 is 1.50 bits per heavy atom. The second-order valence-corrected chi connectivity index (χ2v) is 3.84. The second-order valence-electron chi connectivity index (χ2n) is 3.84. The Labute approximate surface area is 63.3 Å². The average molecular weight is 136 g/mol. The first-order valence-electron chi connectivity index (χ1n) is 4.60. The highest BCUT2D eigenvalue weighted by molar-refractivity contribution is 4.92. The predicted octanol–water partition coefficient (Wildman–Crippen LogP) is 3.14. The molecule has 0 aromatic carbocycles. The molecular formula is C10H16. The van der Waals surface area contributed by atoms with Crippen molar-refractivity contribution in [2.24, 2.45) is 11.8 Å². The summed E-state index contributed by atoms with van der Waals surface area (Å²) in [4.78, 5) is 0. The SMILES string of the molecule is C1=CCC2CCCC(C1)C2. The van der Waals surface area contributed by atoms with Gasteiger partial charge in [-0.2, -0.15) is 0 Å². The molecule has 0 amide bonds. The monoisotopic (exact) mass is 136 g/mol. The lowest BCUT2D eigenvalue weighted by Crippen LogP contribution is -2.12. The molecule has 2 unspecified atom stereocenters. The predicted molar refractivity (Wildman–Crippen MR) is 43.8 cm³/mol. The fourth-order valence-electron chi connectivity index (χ4n) is 2.41. The van der Waals surface area contributed by atoms with Crippen molar-refractivity contribution in [3.05, 3.63) is 12.2 Å². The van der Waals surface area contributed by atoms with E-state index in [0.29, 0.717) is 0 Å². The largest absolute Gasteiger partial charge is 0.0883 e. The molecule has 2 atom stereocenters. The molecule has 0 radical (unpaired) electrons. The van der Waals surface area contributed by atoms with Gasteiger partial charge in [-0.1, -0.05) is 31.4 Å². The Morgan fingerprint density at radius 1 is 0.900 bits per heavy atom. The van der Waals surface area contributed by atoms with Gasteiger partial charge in [0.25, 0.3) is 0 Å². The molecule has 2 rings (SSSR count). The van der Waals surface area contributed by atoms with Crippen LogP contribution in [0.15, 0.2) is 12.2 Å². The van der Waals surface area contributed by atoms with Gasteiger partial charge >= 0.3 is 0 Å². The summed E-state index contributed by atoms with van der Waals surface area (Å²) in [5.74, 6) is 2.11. The van der Waals surface area contributed by atoms with Crippen LogP contribution in [0.3, 0.4) is 0 Å². The highest BCUT2D eigenvalue weighted by Gasteiger charge is 2.21. The van der Waals surface area contributed by atoms with Crippen molar-refractivity contribution in [3.63, 3.8) is 0 Å². The van der Waals surface area contributed by atoms with Gasteiger partial charge in [0.1, 0.15) is 0 Å². The van der Waals surface area contributed by atoms with Crippen LogP contribution in [0.1, 0.15) is 38.5 Å². The first-order valence-corrected chi connectivity index (χ1v) is 4.60. The van der Waals surface area contributed by atoms with Crippen LogP contribution in [0.4, 0.5) is 0 Å². The van der Waals surface area contributed by atoms with Gasteiger partial charge in [-0.3, -0.25) is 0 Å². The lowest BCUT2D eigenvalue weighted by Gasteiger charge is -2.25. The molecule has 0 aromatic rings. The summed E-state index contributed by atoms with van der Waals surface area (Å²) in [6.45, 7) is 0. The molecule has 10 heavy (non-hydrogen) atoms. The highest BCUT2D eigenvalue weighted by Crippen LogP contribution is 2.35. The molecule has 0 saturated heterocycles. The molecule has 0 spiro atoms. The zero-order valence-electron chi connectivity index (χ0n) is 6.55. The summed E-state index contributed by atoms with van der Waals surface area (Å²) in [6, 6.07) is 0. The molecule has 0 aliphatic heterocycles. The van der Waals surface area contributed by atoms with Crippen molar-refractivity contribution in [1.82, 2.24) is 0 Å². The Hall–Kier alpha value is -0.260. The fraction of sp³-hybridized carbons (Fsp3) is 0.800. The Kier molecular flexibility index (Phi) is 1.79. The zero-order chi connectivity index (χ0) is 6.81. The van der Waals surface area contributed by atoms with Crippen LogP contribution in [-0.2, 0) is 0 Å². The van der Waals surface area contributed by atoms with Crippen molar-refractivity contribution in [3.8, 4) is 0 Å². The van der Waals surface area contributed by atoms with Gasteiger partial charge in [0, 0.05) is 0 Å². The molecule has 1 fully saturated rings. The summed E-state index contributed by atoms with van der Waals surface area (Å²) < 4.78 is 0. The van der Waals surface area contributed by atoms with E-state index in [1.807, 2.05) is 0 Å². The number of allylic oxidation sites excluding steroid dienone is 2. The van der Waals surface area contributed by atoms with Crippen LogP contribution in [0, 0.1) is 11.8 Å². The summed E-state index contributed by atoms with van der Waals surface area (Å²) in [5, 5.41) is 0. The van der Waals surface area contributed by atoms with E-state index in [-0.39, 0.29) is 0 Å². The molecule has 0 heterocycles. The van der Waals surface area contributed by atoms with E-state index < -0.39 is 0 Å². The Morgan fingerprint density at radius 3 is 2.10 bits per heavy atom. The summed E-state index contributed by atoms with van der Waals surface area (Å²) in [7, 11) is 0. The quantitative estimate of drug-likeness (QED) is 0.449. The van der Waals surface area contributed by atoms with E-state index in [9.17, 15) is 0 Å². The average Bonchev–Trinajstić information content (AvgIpc) is 2.12. The molecule has 2 aliphatic carbocycles. The van der Waals surface area contributed by atoms with E-state index in [1.54, 1.807) is 0 Å². The molecule has 2 aliphatic rings. The first-order chi connectivity index (χ1) is 4.95. The summed E-state index contributed by atoms with van der Waals surface area (Å²) in [5.41, 5.74) is 0. The normalized spacial score (nSPS) is 39.2. The lowest BCUT2D eigenvalue weighted by atomic mass is 9.80. The van der Waals surface area contributed by atoms with Crippen molar-refractivity contribution in [1.29, 1.82) is 0 Å². The van der Waals surface area contributed by atoms with Gasteiger partial charge in [0.15, 0.2) is 0 Å². The van der Waals surface area contributed by atoms with Crippen LogP contribution >= 0.6 is 0 Å². The summed E-state index contributed by atoms with van der Waals surface area (Å²) in [6.07, 6.45) is 13.6. The van der Waals surface area contributed by atoms with E-state index in [1.165, 1.54) is 38.5 Å². The third-order valence-corrected chi connectivity index (χ3v) is 3.00. The third kappa shape index (κ3) is 1.25. The van der Waals surface area contributed by atoms with Gasteiger partial charge in [-0.15, -0.1) is 0 Å². The number of hydrogen-bond donors (Lipinski definition) is 0. The molecule has 2 bridgehead atoms. The summed E-state index contributed by atoms with van der Waals surface area (Å²) >= 11 is 0. The number of hydrogen-bond acceptors (Lipinski definition) is 0. The van der Waals surface area contributed by atoms with Crippen molar-refractivity contribution in [2.75, 3.05) is 0 Å². The lowest BCUT2D eigenvalue weighted by molar-refractivity contribution is 0.277. The maximum Gasteiger partial charge on any atom is -0.0322 e. The fourth-order valence-corrected chi connectivity index (χ4v) is 2.41. The third-order valence-electron chi connectivity index (χ3n) is 3.00. The maximum atomic E-state index is 2.40. The van der Waals surface area contributed by atoms with Gasteiger partial charge in [0.2, 0.25) is 0 Å². The van der Waals surface area contributed by atoms with Gasteiger partial charge in [0.05, 0.1) is 0 Å². The van der Waals surface area contributed by atoms with Gasteiger partial charge in [-0.25, -0.2) is 0 Å². The van der Waals surface area contributed by atoms with Crippen LogP contribution in [-0.4, -0.2) is 0 Å². The van der Waals surface area contributed by atoms with Gasteiger partial charge in [-0.05, 0) is 31.1 Å². The first kappa shape index (κ1) is 6.45. The van der Waals surface area contributed by atoms with Crippen molar-refractivity contribution in [2.45, 2.75) is 38.5 Å². The maximum absolute atomic E-state index is 2.40. The second kappa shape index (κ2) is 2.77. The zero-order valence-corrected chi connectivity index (χ0v) is 6.55. The van der Waals surface area contributed by atoms with Gasteiger partial charge < -0.3 is 0 Å². The minimum Gasteiger partial charge on any atom is -0.0883 e. The molecule has 0 heteroatoms. The minimum atomic E-state index is 1.05. The molecule has 0 nitrogen and oxygen atoms in total. The smallest absolute Gasteiger partial charge is 0.0322 e. The Balaban J connectivity index is 2.03. The van der Waals surface area contributed by atoms with E-state index >= 15 is 0 Å². The molecule has 1 saturated carbocycles. The van der Waals surface area contributed by atoms with Crippen molar-refractivity contribution >= 4 is 0 Å². The highest BCUT2D eigenvalue weighted by atomic mass is 14.3. The van der Waals surface area contributed by atoms with Crippen LogP contribution < -0.4 is 0 Å². The minimum absolute atomic E-state index is 1.05. The molecule has 0 N–H and O–H groups in total. The number of rotatable bonds is 0.